The van der Waals surface area contributed by atoms with Crippen molar-refractivity contribution in [1.82, 2.24) is 9.88 Å². The van der Waals surface area contributed by atoms with Gasteiger partial charge in [-0.05, 0) is 19.1 Å². The van der Waals surface area contributed by atoms with Gasteiger partial charge in [0.1, 0.15) is 0 Å². The van der Waals surface area contributed by atoms with Crippen LogP contribution in [-0.2, 0) is 4.74 Å². The molecule has 0 aliphatic carbocycles. The Morgan fingerprint density at radius 1 is 1.48 bits per heavy atom. The lowest BCUT2D eigenvalue weighted by Crippen LogP contribution is -2.50. The molecule has 5 nitrogen and oxygen atoms in total. The quantitative estimate of drug-likeness (QED) is 0.906. The van der Waals surface area contributed by atoms with E-state index in [-0.39, 0.29) is 18.6 Å². The first-order valence-corrected chi connectivity index (χ1v) is 7.06. The van der Waals surface area contributed by atoms with Gasteiger partial charge in [0, 0.05) is 17.6 Å². The Balaban J connectivity index is 2.04. The van der Waals surface area contributed by atoms with Gasteiger partial charge in [0.25, 0.3) is 5.91 Å². The van der Waals surface area contributed by atoms with Crippen LogP contribution in [0.4, 0.5) is 0 Å². The summed E-state index contributed by atoms with van der Waals surface area (Å²) >= 11 is 0. The standard InChI is InChI=1S/C16H18N2O3/c1-11-8-14(13-4-2-3-5-15(13)17-11)16(20)18-6-7-21-10-12(18)9-19/h2-5,8,12,19H,6-7,9-10H2,1H3. The molecule has 110 valence electrons. The van der Waals surface area contributed by atoms with Crippen LogP contribution in [0.25, 0.3) is 10.9 Å². The number of carbonyl (C=O) groups excluding carboxylic acids is 1. The SMILES string of the molecule is Cc1cc(C(=O)N2CCOCC2CO)c2ccccc2n1. The number of aliphatic hydroxyl groups is 1. The van der Waals surface area contributed by atoms with Crippen LogP contribution < -0.4 is 0 Å². The Morgan fingerprint density at radius 2 is 2.29 bits per heavy atom. The average molecular weight is 286 g/mol. The van der Waals surface area contributed by atoms with Crippen LogP contribution in [0.2, 0.25) is 0 Å². The molecule has 0 bridgehead atoms. The van der Waals surface area contributed by atoms with Crippen LogP contribution in [0.15, 0.2) is 30.3 Å². The molecule has 1 aromatic carbocycles. The van der Waals surface area contributed by atoms with Gasteiger partial charge in [0.15, 0.2) is 0 Å². The molecule has 1 aliphatic heterocycles. The van der Waals surface area contributed by atoms with Crippen LogP contribution in [0.3, 0.4) is 0 Å². The topological polar surface area (TPSA) is 62.7 Å². The van der Waals surface area contributed by atoms with Gasteiger partial charge in [0.05, 0.1) is 36.9 Å². The van der Waals surface area contributed by atoms with E-state index >= 15 is 0 Å². The van der Waals surface area contributed by atoms with Crippen molar-refractivity contribution in [2.24, 2.45) is 0 Å². The number of para-hydroxylation sites is 1. The second-order valence-corrected chi connectivity index (χ2v) is 5.24. The molecule has 1 unspecified atom stereocenters. The number of pyridine rings is 1. The number of amides is 1. The molecule has 1 aliphatic rings. The van der Waals surface area contributed by atoms with Crippen molar-refractivity contribution < 1.29 is 14.6 Å². The minimum Gasteiger partial charge on any atom is -0.394 e. The van der Waals surface area contributed by atoms with Crippen molar-refractivity contribution >= 4 is 16.8 Å². The van der Waals surface area contributed by atoms with Gasteiger partial charge in [-0.3, -0.25) is 9.78 Å². The third-order valence-electron chi connectivity index (χ3n) is 3.77. The summed E-state index contributed by atoms with van der Waals surface area (Å²) in [5, 5.41) is 10.3. The van der Waals surface area contributed by atoms with Gasteiger partial charge in [0.2, 0.25) is 0 Å². The summed E-state index contributed by atoms with van der Waals surface area (Å²) in [5.74, 6) is -0.0703. The summed E-state index contributed by atoms with van der Waals surface area (Å²) in [6.45, 7) is 3.17. The summed E-state index contributed by atoms with van der Waals surface area (Å²) in [5.41, 5.74) is 2.26. The first-order chi connectivity index (χ1) is 10.2. The van der Waals surface area contributed by atoms with Crippen molar-refractivity contribution in [3.8, 4) is 0 Å². The summed E-state index contributed by atoms with van der Waals surface area (Å²) in [6.07, 6.45) is 0. The van der Waals surface area contributed by atoms with Crippen LogP contribution in [0.1, 0.15) is 16.1 Å². The first kappa shape index (κ1) is 14.0. The Morgan fingerprint density at radius 3 is 3.10 bits per heavy atom. The molecule has 21 heavy (non-hydrogen) atoms. The Hall–Kier alpha value is -1.98. The number of aryl methyl sites for hydroxylation is 1. The third kappa shape index (κ3) is 2.62. The number of aromatic nitrogens is 1. The normalized spacial score (nSPS) is 19.0. The zero-order chi connectivity index (χ0) is 14.8. The van der Waals surface area contributed by atoms with E-state index < -0.39 is 0 Å². The number of fused-ring (bicyclic) bond motifs is 1. The summed E-state index contributed by atoms with van der Waals surface area (Å²) in [4.78, 5) is 19.0. The van der Waals surface area contributed by atoms with Crippen molar-refractivity contribution in [2.45, 2.75) is 13.0 Å². The number of hydrogen-bond acceptors (Lipinski definition) is 4. The number of ether oxygens (including phenoxy) is 1. The number of carbonyl (C=O) groups is 1. The number of rotatable bonds is 2. The molecule has 1 N–H and O–H groups in total. The van der Waals surface area contributed by atoms with E-state index in [1.807, 2.05) is 37.3 Å². The molecule has 1 aromatic heterocycles. The molecule has 0 radical (unpaired) electrons. The lowest BCUT2D eigenvalue weighted by molar-refractivity contribution is -0.0183. The molecule has 1 atom stereocenters. The molecule has 0 spiro atoms. The monoisotopic (exact) mass is 286 g/mol. The Kier molecular flexibility index (Phi) is 3.86. The van der Waals surface area contributed by atoms with E-state index in [4.69, 9.17) is 4.74 Å². The molecule has 2 aromatic rings. The molecular weight excluding hydrogens is 268 g/mol. The smallest absolute Gasteiger partial charge is 0.255 e. The zero-order valence-corrected chi connectivity index (χ0v) is 12.0. The van der Waals surface area contributed by atoms with Gasteiger partial charge in [-0.25, -0.2) is 0 Å². The molecule has 3 rings (SSSR count). The van der Waals surface area contributed by atoms with Gasteiger partial charge in [-0.2, -0.15) is 0 Å². The van der Waals surface area contributed by atoms with Crippen LogP contribution in [0.5, 0.6) is 0 Å². The van der Waals surface area contributed by atoms with Gasteiger partial charge >= 0.3 is 0 Å². The number of hydrogen-bond donors (Lipinski definition) is 1. The van der Waals surface area contributed by atoms with Gasteiger partial charge in [-0.15, -0.1) is 0 Å². The number of benzene rings is 1. The number of nitrogens with zero attached hydrogens (tertiary/aromatic N) is 2. The molecule has 1 saturated heterocycles. The molecular formula is C16H18N2O3. The summed E-state index contributed by atoms with van der Waals surface area (Å²) in [6, 6.07) is 9.16. The Labute approximate surface area is 123 Å². The van der Waals surface area contributed by atoms with E-state index in [1.54, 1.807) is 4.90 Å². The minimum absolute atomic E-state index is 0.0703. The second kappa shape index (κ2) is 5.79. The van der Waals surface area contributed by atoms with Crippen molar-refractivity contribution in [3.05, 3.63) is 41.6 Å². The van der Waals surface area contributed by atoms with Gasteiger partial charge in [-0.1, -0.05) is 18.2 Å². The fourth-order valence-corrected chi connectivity index (χ4v) is 2.71. The molecule has 1 amide bonds. The maximum atomic E-state index is 12.9. The highest BCUT2D eigenvalue weighted by Gasteiger charge is 2.28. The van der Waals surface area contributed by atoms with Crippen LogP contribution in [-0.4, -0.2) is 53.3 Å². The molecule has 0 saturated carbocycles. The van der Waals surface area contributed by atoms with E-state index in [1.165, 1.54) is 0 Å². The molecule has 2 heterocycles. The molecule has 5 heteroatoms. The zero-order valence-electron chi connectivity index (χ0n) is 12.0. The maximum Gasteiger partial charge on any atom is 0.255 e. The van der Waals surface area contributed by atoms with Crippen LogP contribution >= 0.6 is 0 Å². The highest BCUT2D eigenvalue weighted by atomic mass is 16.5. The first-order valence-electron chi connectivity index (χ1n) is 7.06. The lowest BCUT2D eigenvalue weighted by atomic mass is 10.1. The fraction of sp³-hybridized carbons (Fsp3) is 0.375. The third-order valence-corrected chi connectivity index (χ3v) is 3.77. The highest BCUT2D eigenvalue weighted by molar-refractivity contribution is 6.06. The molecule has 1 fully saturated rings. The lowest BCUT2D eigenvalue weighted by Gasteiger charge is -2.34. The fourth-order valence-electron chi connectivity index (χ4n) is 2.71. The predicted molar refractivity (Wildman–Crippen MR) is 79.2 cm³/mol. The van der Waals surface area contributed by atoms with Crippen molar-refractivity contribution in [1.29, 1.82) is 0 Å². The minimum atomic E-state index is -0.279. The van der Waals surface area contributed by atoms with E-state index in [0.29, 0.717) is 25.3 Å². The number of morpholine rings is 1. The summed E-state index contributed by atoms with van der Waals surface area (Å²) < 4.78 is 5.33. The van der Waals surface area contributed by atoms with Crippen molar-refractivity contribution in [3.63, 3.8) is 0 Å². The largest absolute Gasteiger partial charge is 0.394 e. The second-order valence-electron chi connectivity index (χ2n) is 5.24. The van der Waals surface area contributed by atoms with E-state index in [9.17, 15) is 9.90 Å². The van der Waals surface area contributed by atoms with E-state index in [2.05, 4.69) is 4.98 Å². The average Bonchev–Trinajstić information content (AvgIpc) is 2.53. The van der Waals surface area contributed by atoms with E-state index in [0.717, 1.165) is 16.6 Å². The van der Waals surface area contributed by atoms with Crippen molar-refractivity contribution in [2.75, 3.05) is 26.4 Å². The maximum absolute atomic E-state index is 12.9. The van der Waals surface area contributed by atoms with Gasteiger partial charge < -0.3 is 14.7 Å². The number of aliphatic hydroxyl groups excluding tert-OH is 1. The highest BCUT2D eigenvalue weighted by Crippen LogP contribution is 2.21. The Bertz CT molecular complexity index is 672. The predicted octanol–water partition coefficient (Wildman–Crippen LogP) is 1.38. The van der Waals surface area contributed by atoms with Crippen LogP contribution in [0, 0.1) is 6.92 Å². The summed E-state index contributed by atoms with van der Waals surface area (Å²) in [7, 11) is 0.